The zero-order valence-electron chi connectivity index (χ0n) is 8.87. The molecule has 0 aromatic heterocycles. The summed E-state index contributed by atoms with van der Waals surface area (Å²) >= 11 is 0. The lowest BCUT2D eigenvalue weighted by Gasteiger charge is -2.48. The molecule has 0 aromatic carbocycles. The Morgan fingerprint density at radius 1 is 1.43 bits per heavy atom. The highest BCUT2D eigenvalue weighted by atomic mass is 16.3. The van der Waals surface area contributed by atoms with Crippen LogP contribution >= 0.6 is 0 Å². The summed E-state index contributed by atoms with van der Waals surface area (Å²) in [5.74, 6) is 0.647. The molecule has 1 N–H and O–H groups in total. The summed E-state index contributed by atoms with van der Waals surface area (Å²) in [6.07, 6.45) is 6.33. The van der Waals surface area contributed by atoms with E-state index in [0.29, 0.717) is 12.3 Å². The van der Waals surface area contributed by atoms with Crippen molar-refractivity contribution in [2.45, 2.75) is 51.6 Å². The molecule has 0 unspecified atom stereocenters. The first-order valence-corrected chi connectivity index (χ1v) is 5.73. The molecular formula is C12H19NO. The molecule has 0 amide bonds. The van der Waals surface area contributed by atoms with Crippen LogP contribution < -0.4 is 0 Å². The summed E-state index contributed by atoms with van der Waals surface area (Å²) in [4.78, 5) is 0. The van der Waals surface area contributed by atoms with Gasteiger partial charge >= 0.3 is 0 Å². The normalized spacial score (nSPS) is 47.9. The van der Waals surface area contributed by atoms with Crippen molar-refractivity contribution in [2.75, 3.05) is 0 Å². The van der Waals surface area contributed by atoms with Gasteiger partial charge in [0.1, 0.15) is 0 Å². The zero-order chi connectivity index (χ0) is 10.2. The van der Waals surface area contributed by atoms with Crippen molar-refractivity contribution in [2.24, 2.45) is 17.3 Å². The Bertz CT molecular complexity index is 258. The van der Waals surface area contributed by atoms with E-state index in [9.17, 15) is 5.11 Å². The average molecular weight is 193 g/mol. The van der Waals surface area contributed by atoms with Crippen molar-refractivity contribution in [3.63, 3.8) is 0 Å². The SMILES string of the molecule is C[C@]12CCCC[C@H]1[C@@H](C#N)C[C@@H](O)C2. The molecular weight excluding hydrogens is 174 g/mol. The van der Waals surface area contributed by atoms with Crippen LogP contribution in [0.3, 0.4) is 0 Å². The largest absolute Gasteiger partial charge is 0.393 e. The molecule has 0 saturated heterocycles. The first-order valence-electron chi connectivity index (χ1n) is 5.73. The molecule has 0 heterocycles. The fourth-order valence-corrected chi connectivity index (χ4v) is 3.59. The number of hydrogen-bond acceptors (Lipinski definition) is 2. The number of nitrogens with zero attached hydrogens (tertiary/aromatic N) is 1. The van der Waals surface area contributed by atoms with Gasteiger partial charge in [0.2, 0.25) is 0 Å². The molecule has 14 heavy (non-hydrogen) atoms. The number of aliphatic hydroxyl groups is 1. The van der Waals surface area contributed by atoms with Gasteiger partial charge in [0.25, 0.3) is 0 Å². The van der Waals surface area contributed by atoms with Crippen LogP contribution in [0.2, 0.25) is 0 Å². The van der Waals surface area contributed by atoms with Gasteiger partial charge in [0.15, 0.2) is 0 Å². The fraction of sp³-hybridized carbons (Fsp3) is 0.917. The van der Waals surface area contributed by atoms with E-state index in [-0.39, 0.29) is 17.4 Å². The smallest absolute Gasteiger partial charge is 0.0659 e. The maximum Gasteiger partial charge on any atom is 0.0659 e. The van der Waals surface area contributed by atoms with Crippen LogP contribution in [0.15, 0.2) is 0 Å². The Morgan fingerprint density at radius 3 is 2.93 bits per heavy atom. The summed E-state index contributed by atoms with van der Waals surface area (Å²) in [6.45, 7) is 2.27. The monoisotopic (exact) mass is 193 g/mol. The molecule has 2 nitrogen and oxygen atoms in total. The maximum atomic E-state index is 9.76. The second-order valence-electron chi connectivity index (χ2n) is 5.34. The standard InChI is InChI=1S/C12H19NO/c1-12-5-3-2-4-11(12)9(8-13)6-10(14)7-12/h9-11,14H,2-7H2,1H3/t9-,10-,11+,12-/m1/s1. The first kappa shape index (κ1) is 9.98. The lowest BCUT2D eigenvalue weighted by molar-refractivity contribution is -0.0353. The van der Waals surface area contributed by atoms with Crippen LogP contribution in [0.1, 0.15) is 45.4 Å². The molecule has 2 aliphatic rings. The maximum absolute atomic E-state index is 9.76. The van der Waals surface area contributed by atoms with Gasteiger partial charge in [0.05, 0.1) is 18.1 Å². The summed E-state index contributed by atoms with van der Waals surface area (Å²) in [7, 11) is 0. The lowest BCUT2D eigenvalue weighted by atomic mass is 9.56. The van der Waals surface area contributed by atoms with Crippen LogP contribution in [0.25, 0.3) is 0 Å². The minimum atomic E-state index is -0.237. The van der Waals surface area contributed by atoms with Crippen LogP contribution in [-0.4, -0.2) is 11.2 Å². The van der Waals surface area contributed by atoms with Crippen LogP contribution in [-0.2, 0) is 0 Å². The van der Waals surface area contributed by atoms with Gasteiger partial charge in [0, 0.05) is 0 Å². The Labute approximate surface area is 85.9 Å². The minimum Gasteiger partial charge on any atom is -0.393 e. The Kier molecular flexibility index (Phi) is 2.53. The van der Waals surface area contributed by atoms with E-state index in [0.717, 1.165) is 6.42 Å². The first-order chi connectivity index (χ1) is 6.65. The summed E-state index contributed by atoms with van der Waals surface area (Å²) in [5, 5.41) is 18.9. The quantitative estimate of drug-likeness (QED) is 0.642. The highest BCUT2D eigenvalue weighted by Gasteiger charge is 2.46. The van der Waals surface area contributed by atoms with Crippen LogP contribution in [0.5, 0.6) is 0 Å². The molecule has 2 heteroatoms. The average Bonchev–Trinajstić information content (AvgIpc) is 2.15. The number of aliphatic hydroxyl groups excluding tert-OH is 1. The van der Waals surface area contributed by atoms with Crippen molar-refractivity contribution in [1.29, 1.82) is 5.26 Å². The van der Waals surface area contributed by atoms with E-state index in [2.05, 4.69) is 13.0 Å². The van der Waals surface area contributed by atoms with Crippen molar-refractivity contribution >= 4 is 0 Å². The van der Waals surface area contributed by atoms with Gasteiger partial charge < -0.3 is 5.11 Å². The van der Waals surface area contributed by atoms with Crippen molar-refractivity contribution in [1.82, 2.24) is 0 Å². The Balaban J connectivity index is 2.20. The lowest BCUT2D eigenvalue weighted by Crippen LogP contribution is -2.44. The molecule has 0 radical (unpaired) electrons. The number of hydrogen-bond donors (Lipinski definition) is 1. The van der Waals surface area contributed by atoms with E-state index in [1.165, 1.54) is 25.7 Å². The predicted molar refractivity (Wildman–Crippen MR) is 54.4 cm³/mol. The third kappa shape index (κ3) is 1.54. The molecule has 0 aromatic rings. The number of nitriles is 1. The van der Waals surface area contributed by atoms with Crippen LogP contribution in [0, 0.1) is 28.6 Å². The molecule has 2 aliphatic carbocycles. The third-order valence-corrected chi connectivity index (χ3v) is 4.29. The molecule has 4 atom stereocenters. The topological polar surface area (TPSA) is 44.0 Å². The Hall–Kier alpha value is -0.550. The van der Waals surface area contributed by atoms with Gasteiger partial charge in [-0.1, -0.05) is 19.8 Å². The zero-order valence-corrected chi connectivity index (χ0v) is 8.87. The second kappa shape index (κ2) is 3.55. The second-order valence-corrected chi connectivity index (χ2v) is 5.34. The summed E-state index contributed by atoms with van der Waals surface area (Å²) in [5.41, 5.74) is 0.246. The van der Waals surface area contributed by atoms with E-state index in [1.54, 1.807) is 0 Å². The fourth-order valence-electron chi connectivity index (χ4n) is 3.59. The van der Waals surface area contributed by atoms with Crippen molar-refractivity contribution in [3.8, 4) is 6.07 Å². The summed E-state index contributed by atoms with van der Waals surface area (Å²) < 4.78 is 0. The molecule has 2 fully saturated rings. The highest BCUT2D eigenvalue weighted by molar-refractivity contribution is 5.03. The number of rotatable bonds is 0. The van der Waals surface area contributed by atoms with Crippen molar-refractivity contribution < 1.29 is 5.11 Å². The molecule has 2 rings (SSSR count). The van der Waals surface area contributed by atoms with Crippen LogP contribution in [0.4, 0.5) is 0 Å². The highest BCUT2D eigenvalue weighted by Crippen LogP contribution is 2.52. The van der Waals surface area contributed by atoms with E-state index in [1.807, 2.05) is 0 Å². The van der Waals surface area contributed by atoms with Gasteiger partial charge in [-0.25, -0.2) is 0 Å². The van der Waals surface area contributed by atoms with Gasteiger partial charge in [-0.05, 0) is 37.0 Å². The molecule has 2 saturated carbocycles. The van der Waals surface area contributed by atoms with E-state index in [4.69, 9.17) is 5.26 Å². The Morgan fingerprint density at radius 2 is 2.21 bits per heavy atom. The van der Waals surface area contributed by atoms with Gasteiger partial charge in [-0.15, -0.1) is 0 Å². The van der Waals surface area contributed by atoms with Crippen molar-refractivity contribution in [3.05, 3.63) is 0 Å². The van der Waals surface area contributed by atoms with Gasteiger partial charge in [-0.3, -0.25) is 0 Å². The van der Waals surface area contributed by atoms with Gasteiger partial charge in [-0.2, -0.15) is 5.26 Å². The van der Waals surface area contributed by atoms with E-state index < -0.39 is 0 Å². The molecule has 78 valence electrons. The molecule has 0 aliphatic heterocycles. The number of fused-ring (bicyclic) bond motifs is 1. The molecule has 0 bridgehead atoms. The van der Waals surface area contributed by atoms with E-state index >= 15 is 0 Å². The minimum absolute atomic E-state index is 0.101. The molecule has 0 spiro atoms. The third-order valence-electron chi connectivity index (χ3n) is 4.29. The summed E-state index contributed by atoms with van der Waals surface area (Å²) in [6, 6.07) is 2.40. The predicted octanol–water partition coefficient (Wildman–Crippen LogP) is 2.48.